The molecule has 7 rings (SSSR count). The molecule has 1 atom stereocenters. The van der Waals surface area contributed by atoms with Gasteiger partial charge in [-0.2, -0.15) is 0 Å². The highest BCUT2D eigenvalue weighted by atomic mass is 32.2. The summed E-state index contributed by atoms with van der Waals surface area (Å²) in [7, 11) is 0. The van der Waals surface area contributed by atoms with Crippen molar-refractivity contribution in [3.05, 3.63) is 186 Å². The van der Waals surface area contributed by atoms with Crippen molar-refractivity contribution in [2.75, 3.05) is 25.6 Å². The van der Waals surface area contributed by atoms with Crippen molar-refractivity contribution < 1.29 is 9.57 Å². The number of nitrogens with zero attached hydrogens (tertiary/aromatic N) is 2. The van der Waals surface area contributed by atoms with Crippen LogP contribution in [-0.4, -0.2) is 42.0 Å². The second-order valence-electron chi connectivity index (χ2n) is 11.8. The van der Waals surface area contributed by atoms with Gasteiger partial charge < -0.3 is 9.57 Å². The van der Waals surface area contributed by atoms with Gasteiger partial charge in [0.25, 0.3) is 0 Å². The lowest BCUT2D eigenvalue weighted by atomic mass is 9.75. The van der Waals surface area contributed by atoms with E-state index in [-0.39, 0.29) is 5.54 Å². The smallest absolute Gasteiger partial charge is 0.151 e. The number of thioether (sulfide) groups is 1. The molecule has 234 valence electrons. The van der Waals surface area contributed by atoms with Gasteiger partial charge in [0.2, 0.25) is 0 Å². The van der Waals surface area contributed by atoms with Gasteiger partial charge in [-0.15, -0.1) is 11.8 Å². The number of benzene rings is 6. The molecule has 47 heavy (non-hydrogen) atoms. The summed E-state index contributed by atoms with van der Waals surface area (Å²) >= 11 is 2.05. The average Bonchev–Trinajstić information content (AvgIpc) is 3.60. The molecule has 0 amide bonds. The fourth-order valence-corrected chi connectivity index (χ4v) is 7.90. The van der Waals surface area contributed by atoms with Crippen molar-refractivity contribution in [2.24, 2.45) is 5.16 Å². The molecule has 1 fully saturated rings. The third-order valence-corrected chi connectivity index (χ3v) is 10.1. The zero-order chi connectivity index (χ0) is 31.7. The van der Waals surface area contributed by atoms with Crippen LogP contribution in [0.1, 0.15) is 27.8 Å². The summed E-state index contributed by atoms with van der Waals surface area (Å²) in [5.41, 5.74) is 5.84. The Morgan fingerprint density at radius 1 is 0.660 bits per heavy atom. The van der Waals surface area contributed by atoms with E-state index >= 15 is 0 Å². The molecular weight excluding hydrogens is 597 g/mol. The number of oxime groups is 1. The number of hydrogen-bond donors (Lipinski definition) is 0. The van der Waals surface area contributed by atoms with Crippen molar-refractivity contribution in [2.45, 2.75) is 17.2 Å². The second-order valence-corrected chi connectivity index (χ2v) is 13.1. The molecule has 6 aromatic carbocycles. The van der Waals surface area contributed by atoms with Crippen LogP contribution < -0.4 is 4.74 Å². The first-order valence-corrected chi connectivity index (χ1v) is 17.2. The van der Waals surface area contributed by atoms with Crippen LogP contribution in [-0.2, 0) is 16.8 Å². The van der Waals surface area contributed by atoms with Gasteiger partial charge in [-0.05, 0) is 63.2 Å². The molecule has 5 heteroatoms. The minimum atomic E-state index is -0.370. The van der Waals surface area contributed by atoms with Crippen molar-refractivity contribution in [3.8, 4) is 5.75 Å². The third-order valence-electron chi connectivity index (χ3n) is 8.82. The molecule has 1 heterocycles. The van der Waals surface area contributed by atoms with Crippen LogP contribution in [0.3, 0.4) is 0 Å². The predicted molar refractivity (Wildman–Crippen MR) is 195 cm³/mol. The van der Waals surface area contributed by atoms with Gasteiger partial charge in [-0.1, -0.05) is 145 Å². The van der Waals surface area contributed by atoms with Crippen LogP contribution in [0.5, 0.6) is 5.75 Å². The summed E-state index contributed by atoms with van der Waals surface area (Å²) in [6.45, 7) is 1.80. The van der Waals surface area contributed by atoms with E-state index in [1.54, 1.807) is 6.21 Å². The highest BCUT2D eigenvalue weighted by Gasteiger charge is 2.45. The normalized spacial score (nSPS) is 15.3. The van der Waals surface area contributed by atoms with Crippen LogP contribution in [0.15, 0.2) is 163 Å². The summed E-state index contributed by atoms with van der Waals surface area (Å²) in [5, 5.41) is 7.00. The monoisotopic (exact) mass is 634 g/mol. The summed E-state index contributed by atoms with van der Waals surface area (Å²) in [6.07, 6.45) is 2.75. The van der Waals surface area contributed by atoms with E-state index in [1.807, 2.05) is 30.0 Å². The summed E-state index contributed by atoms with van der Waals surface area (Å²) in [6, 6.07) is 56.0. The zero-order valence-electron chi connectivity index (χ0n) is 26.3. The van der Waals surface area contributed by atoms with E-state index < -0.39 is 0 Å². The van der Waals surface area contributed by atoms with Crippen LogP contribution in [0.25, 0.3) is 10.8 Å². The van der Waals surface area contributed by atoms with Crippen molar-refractivity contribution in [3.63, 3.8) is 0 Å². The first kappa shape index (κ1) is 30.8. The van der Waals surface area contributed by atoms with E-state index in [4.69, 9.17) is 9.57 Å². The van der Waals surface area contributed by atoms with E-state index in [0.717, 1.165) is 30.2 Å². The van der Waals surface area contributed by atoms with Gasteiger partial charge >= 0.3 is 0 Å². The van der Waals surface area contributed by atoms with Gasteiger partial charge in [0.1, 0.15) is 12.4 Å². The lowest BCUT2D eigenvalue weighted by molar-refractivity contribution is 0.108. The molecule has 0 spiro atoms. The molecule has 1 aliphatic heterocycles. The van der Waals surface area contributed by atoms with E-state index in [1.165, 1.54) is 33.0 Å². The molecule has 1 saturated heterocycles. The fourth-order valence-electron chi connectivity index (χ4n) is 6.61. The fraction of sp³-hybridized carbons (Fsp3) is 0.167. The molecule has 1 unspecified atom stereocenters. The van der Waals surface area contributed by atoms with Gasteiger partial charge in [0, 0.05) is 17.7 Å². The van der Waals surface area contributed by atoms with E-state index in [0.29, 0.717) is 18.5 Å². The molecule has 0 aromatic heterocycles. The summed E-state index contributed by atoms with van der Waals surface area (Å²) in [5.74, 6) is 1.79. The maximum atomic E-state index is 5.94. The summed E-state index contributed by atoms with van der Waals surface area (Å²) in [4.78, 5) is 8.12. The first-order valence-electron chi connectivity index (χ1n) is 16.2. The minimum Gasteiger partial charge on any atom is -0.490 e. The Morgan fingerprint density at radius 3 is 1.89 bits per heavy atom. The number of rotatable bonds is 12. The Kier molecular flexibility index (Phi) is 9.64. The minimum absolute atomic E-state index is 0.370. The van der Waals surface area contributed by atoms with Gasteiger partial charge in [-0.3, -0.25) is 4.90 Å². The SMILES string of the molecule is C(=NOCCOc1ccc(CC2CN(C(c3ccccc3)(c3ccccc3)c3ccccc3)CS2)cc1)c1ccc2ccccc2c1. The van der Waals surface area contributed by atoms with E-state index in [9.17, 15) is 0 Å². The zero-order valence-corrected chi connectivity index (χ0v) is 27.1. The van der Waals surface area contributed by atoms with Gasteiger partial charge in [0.05, 0.1) is 11.8 Å². The lowest BCUT2D eigenvalue weighted by Gasteiger charge is -2.43. The largest absolute Gasteiger partial charge is 0.490 e. The Bertz CT molecular complexity index is 1800. The number of fused-ring (bicyclic) bond motifs is 1. The standard InChI is InChI=1S/C42H38N2O2S/c1-4-14-37(15-5-1)42(38-16-6-2-7-17-38,39-18-8-3-9-19-39)44-31-41(47-32-44)29-33-21-24-40(25-22-33)45-26-27-46-43-30-34-20-23-35-12-10-11-13-36(35)28-34/h1-25,28,30,41H,26-27,29,31-32H2. The van der Waals surface area contributed by atoms with Crippen LogP contribution in [0, 0.1) is 0 Å². The highest BCUT2D eigenvalue weighted by Crippen LogP contribution is 2.46. The van der Waals surface area contributed by atoms with Crippen LogP contribution in [0.4, 0.5) is 0 Å². The Morgan fingerprint density at radius 2 is 1.26 bits per heavy atom. The van der Waals surface area contributed by atoms with Crippen LogP contribution >= 0.6 is 11.8 Å². The summed E-state index contributed by atoms with van der Waals surface area (Å²) < 4.78 is 5.94. The van der Waals surface area contributed by atoms with Crippen molar-refractivity contribution in [1.29, 1.82) is 0 Å². The lowest BCUT2D eigenvalue weighted by Crippen LogP contribution is -2.47. The van der Waals surface area contributed by atoms with Gasteiger partial charge in [-0.25, -0.2) is 0 Å². The molecule has 0 bridgehead atoms. The Balaban J connectivity index is 0.968. The Hall–Kier alpha value is -4.84. The third kappa shape index (κ3) is 6.97. The quantitative estimate of drug-likeness (QED) is 0.0582. The van der Waals surface area contributed by atoms with E-state index in [2.05, 4.69) is 150 Å². The van der Waals surface area contributed by atoms with Crippen molar-refractivity contribution in [1.82, 2.24) is 4.90 Å². The molecule has 0 radical (unpaired) electrons. The molecule has 0 N–H and O–H groups in total. The maximum Gasteiger partial charge on any atom is 0.151 e. The predicted octanol–water partition coefficient (Wildman–Crippen LogP) is 9.18. The molecule has 0 saturated carbocycles. The van der Waals surface area contributed by atoms with Gasteiger partial charge in [0.15, 0.2) is 6.61 Å². The number of hydrogen-bond acceptors (Lipinski definition) is 5. The number of ether oxygens (including phenoxy) is 1. The molecule has 6 aromatic rings. The first-order chi connectivity index (χ1) is 23.3. The molecule has 0 aliphatic carbocycles. The molecule has 1 aliphatic rings. The maximum absolute atomic E-state index is 5.94. The Labute approximate surface area is 281 Å². The van der Waals surface area contributed by atoms with Crippen LogP contribution in [0.2, 0.25) is 0 Å². The molecular formula is C42H38N2O2S. The molecule has 4 nitrogen and oxygen atoms in total. The highest BCUT2D eigenvalue weighted by molar-refractivity contribution is 8.00. The van der Waals surface area contributed by atoms with Crippen molar-refractivity contribution >= 4 is 28.7 Å². The average molecular weight is 635 g/mol. The topological polar surface area (TPSA) is 34.1 Å². The second kappa shape index (κ2) is 14.7.